The summed E-state index contributed by atoms with van der Waals surface area (Å²) in [6.07, 6.45) is 14.7. The topological polar surface area (TPSA) is 66.8 Å². The molecule has 0 fully saturated rings. The number of carbonyl (C=O) groups excluding carboxylic acids is 1. The molecule has 0 aromatic heterocycles. The number of ether oxygens (including phenoxy) is 1. The molecule has 0 unspecified atom stereocenters. The highest BCUT2D eigenvalue weighted by Crippen LogP contribution is 2.37. The van der Waals surface area contributed by atoms with E-state index in [4.69, 9.17) is 4.74 Å². The third kappa shape index (κ3) is 9.33. The lowest BCUT2D eigenvalue weighted by molar-refractivity contribution is -0.144. The van der Waals surface area contributed by atoms with Crippen molar-refractivity contribution in [2.75, 3.05) is 6.61 Å². The number of phenolic OH excluding ortho intramolecular Hbond substituents is 2. The molecule has 0 aliphatic heterocycles. The van der Waals surface area contributed by atoms with Crippen LogP contribution in [0.2, 0.25) is 0 Å². The van der Waals surface area contributed by atoms with Crippen molar-refractivity contribution in [2.45, 2.75) is 83.5 Å². The van der Waals surface area contributed by atoms with E-state index in [0.29, 0.717) is 19.4 Å². The summed E-state index contributed by atoms with van der Waals surface area (Å²) < 4.78 is 5.48. The van der Waals surface area contributed by atoms with E-state index in [1.807, 2.05) is 24.3 Å². The molecule has 0 amide bonds. The molecule has 0 heterocycles. The minimum Gasteiger partial charge on any atom is -0.508 e. The Morgan fingerprint density at radius 3 is 1.85 bits per heavy atom. The van der Waals surface area contributed by atoms with Gasteiger partial charge in [-0.1, -0.05) is 69.5 Å². The van der Waals surface area contributed by atoms with E-state index < -0.39 is 5.41 Å². The van der Waals surface area contributed by atoms with Crippen LogP contribution in [0.3, 0.4) is 0 Å². The highest BCUT2D eigenvalue weighted by molar-refractivity contribution is 5.69. The molecule has 0 bridgehead atoms. The van der Waals surface area contributed by atoms with Crippen LogP contribution in [0.15, 0.2) is 60.7 Å². The van der Waals surface area contributed by atoms with Crippen molar-refractivity contribution < 1.29 is 19.7 Å². The SMILES string of the molecule is CCCCCC/C=C/CCCCOC(=O)CCC(C)(c1ccc(O)cc1)c1ccc(O)cc1. The van der Waals surface area contributed by atoms with Crippen LogP contribution in [-0.4, -0.2) is 22.8 Å². The fourth-order valence-corrected chi connectivity index (χ4v) is 4.01. The molecule has 4 heteroatoms. The first-order chi connectivity index (χ1) is 16.0. The van der Waals surface area contributed by atoms with E-state index in [1.54, 1.807) is 24.3 Å². The van der Waals surface area contributed by atoms with Crippen LogP contribution in [0.4, 0.5) is 0 Å². The summed E-state index contributed by atoms with van der Waals surface area (Å²) in [5.74, 6) is 0.223. The van der Waals surface area contributed by atoms with Crippen molar-refractivity contribution in [3.8, 4) is 11.5 Å². The fourth-order valence-electron chi connectivity index (χ4n) is 4.01. The van der Waals surface area contributed by atoms with Gasteiger partial charge in [0, 0.05) is 11.8 Å². The number of allylic oxidation sites excluding steroid dienone is 2. The van der Waals surface area contributed by atoms with Gasteiger partial charge in [-0.15, -0.1) is 0 Å². The van der Waals surface area contributed by atoms with Crippen molar-refractivity contribution in [3.63, 3.8) is 0 Å². The molecule has 33 heavy (non-hydrogen) atoms. The predicted octanol–water partition coefficient (Wildman–Crippen LogP) is 7.42. The summed E-state index contributed by atoms with van der Waals surface area (Å²) in [7, 11) is 0. The Bertz CT molecular complexity index is 791. The molecule has 2 rings (SSSR count). The maximum absolute atomic E-state index is 12.4. The lowest BCUT2D eigenvalue weighted by atomic mass is 9.73. The highest BCUT2D eigenvalue weighted by atomic mass is 16.5. The molecule has 0 aliphatic carbocycles. The minimum atomic E-state index is -0.442. The summed E-state index contributed by atoms with van der Waals surface area (Å²) in [4.78, 5) is 12.4. The number of unbranched alkanes of at least 4 members (excludes halogenated alkanes) is 6. The molecule has 180 valence electrons. The Kier molecular flexibility index (Phi) is 11.6. The number of esters is 1. The van der Waals surface area contributed by atoms with Crippen LogP contribution in [0, 0.1) is 0 Å². The van der Waals surface area contributed by atoms with E-state index in [1.165, 1.54) is 25.7 Å². The standard InChI is InChI=1S/C29H40O4/c1-3-4-5-6-7-8-9-10-11-12-23-33-28(32)21-22-29(2,24-13-17-26(30)18-14-24)25-15-19-27(31)20-16-25/h8-9,13-20,30-31H,3-7,10-12,21-23H2,1-2H3/b9-8+. The number of hydrogen-bond donors (Lipinski definition) is 2. The normalized spacial score (nSPS) is 11.7. The zero-order chi connectivity index (χ0) is 23.9. The minimum absolute atomic E-state index is 0.190. The predicted molar refractivity (Wildman–Crippen MR) is 135 cm³/mol. The molecule has 2 aromatic rings. The van der Waals surface area contributed by atoms with Gasteiger partial charge >= 0.3 is 5.97 Å². The quantitative estimate of drug-likeness (QED) is 0.168. The number of aromatic hydroxyl groups is 2. The zero-order valence-corrected chi connectivity index (χ0v) is 20.3. The largest absolute Gasteiger partial charge is 0.508 e. The maximum Gasteiger partial charge on any atom is 0.305 e. The molecule has 0 saturated carbocycles. The molecule has 0 saturated heterocycles. The van der Waals surface area contributed by atoms with Gasteiger partial charge in [0.15, 0.2) is 0 Å². The van der Waals surface area contributed by atoms with Crippen LogP contribution in [0.5, 0.6) is 11.5 Å². The molecular weight excluding hydrogens is 412 g/mol. The van der Waals surface area contributed by atoms with Crippen LogP contribution in [0.25, 0.3) is 0 Å². The van der Waals surface area contributed by atoms with Crippen LogP contribution < -0.4 is 0 Å². The van der Waals surface area contributed by atoms with E-state index >= 15 is 0 Å². The van der Waals surface area contributed by atoms with Gasteiger partial charge in [0.2, 0.25) is 0 Å². The highest BCUT2D eigenvalue weighted by Gasteiger charge is 2.30. The van der Waals surface area contributed by atoms with Crippen molar-refractivity contribution >= 4 is 5.97 Å². The second kappa shape index (κ2) is 14.4. The van der Waals surface area contributed by atoms with Crippen molar-refractivity contribution in [3.05, 3.63) is 71.8 Å². The third-order valence-corrected chi connectivity index (χ3v) is 6.26. The molecule has 0 atom stereocenters. The van der Waals surface area contributed by atoms with Crippen molar-refractivity contribution in [1.29, 1.82) is 0 Å². The number of carbonyl (C=O) groups is 1. The molecular formula is C29H40O4. The second-order valence-electron chi connectivity index (χ2n) is 8.96. The number of hydrogen-bond acceptors (Lipinski definition) is 4. The fraction of sp³-hybridized carbons (Fsp3) is 0.483. The molecule has 4 nitrogen and oxygen atoms in total. The summed E-state index contributed by atoms with van der Waals surface area (Å²) >= 11 is 0. The molecule has 0 aliphatic rings. The van der Waals surface area contributed by atoms with Gasteiger partial charge in [-0.05, 0) is 73.9 Å². The second-order valence-corrected chi connectivity index (χ2v) is 8.96. The molecule has 2 aromatic carbocycles. The summed E-state index contributed by atoms with van der Waals surface area (Å²) in [5.41, 5.74) is 1.56. The van der Waals surface area contributed by atoms with Gasteiger partial charge in [0.05, 0.1) is 6.61 Å². The van der Waals surface area contributed by atoms with Crippen molar-refractivity contribution in [2.24, 2.45) is 0 Å². The first kappa shape index (κ1) is 26.5. The average Bonchev–Trinajstić information content (AvgIpc) is 2.82. The Morgan fingerprint density at radius 2 is 1.33 bits per heavy atom. The molecule has 0 spiro atoms. The first-order valence-corrected chi connectivity index (χ1v) is 12.4. The Labute approximate surface area is 199 Å². The van der Waals surface area contributed by atoms with Gasteiger partial charge in [0.1, 0.15) is 11.5 Å². The van der Waals surface area contributed by atoms with Crippen LogP contribution in [0.1, 0.15) is 89.2 Å². The summed E-state index contributed by atoms with van der Waals surface area (Å²) in [5, 5.41) is 19.3. The Balaban J connectivity index is 1.78. The number of phenols is 2. The van der Waals surface area contributed by atoms with Gasteiger partial charge < -0.3 is 14.9 Å². The Hall–Kier alpha value is -2.75. The maximum atomic E-state index is 12.4. The molecule has 2 N–H and O–H groups in total. The van der Waals surface area contributed by atoms with Gasteiger partial charge in [0.25, 0.3) is 0 Å². The lowest BCUT2D eigenvalue weighted by Gasteiger charge is -2.31. The first-order valence-electron chi connectivity index (χ1n) is 12.4. The van der Waals surface area contributed by atoms with Gasteiger partial charge in [-0.3, -0.25) is 4.79 Å². The van der Waals surface area contributed by atoms with E-state index in [2.05, 4.69) is 26.0 Å². The van der Waals surface area contributed by atoms with E-state index in [9.17, 15) is 15.0 Å². The summed E-state index contributed by atoms with van der Waals surface area (Å²) in [6, 6.07) is 14.2. The summed E-state index contributed by atoms with van der Waals surface area (Å²) in [6.45, 7) is 4.76. The van der Waals surface area contributed by atoms with Crippen molar-refractivity contribution in [1.82, 2.24) is 0 Å². The lowest BCUT2D eigenvalue weighted by Crippen LogP contribution is -2.25. The van der Waals surface area contributed by atoms with E-state index in [0.717, 1.165) is 36.8 Å². The Morgan fingerprint density at radius 1 is 0.818 bits per heavy atom. The van der Waals surface area contributed by atoms with Crippen LogP contribution in [-0.2, 0) is 14.9 Å². The zero-order valence-electron chi connectivity index (χ0n) is 20.3. The average molecular weight is 453 g/mol. The monoisotopic (exact) mass is 452 g/mol. The molecule has 0 radical (unpaired) electrons. The number of benzene rings is 2. The van der Waals surface area contributed by atoms with Gasteiger partial charge in [-0.25, -0.2) is 0 Å². The van der Waals surface area contributed by atoms with Crippen LogP contribution >= 0.6 is 0 Å². The number of rotatable bonds is 15. The smallest absolute Gasteiger partial charge is 0.305 e. The van der Waals surface area contributed by atoms with E-state index in [-0.39, 0.29) is 17.5 Å². The third-order valence-electron chi connectivity index (χ3n) is 6.26. The van der Waals surface area contributed by atoms with Gasteiger partial charge in [-0.2, -0.15) is 0 Å².